The zero-order chi connectivity index (χ0) is 13.9. The average molecular weight is 265 g/mol. The highest BCUT2D eigenvalue weighted by molar-refractivity contribution is 5.87. The van der Waals surface area contributed by atoms with Gasteiger partial charge in [0.25, 0.3) is 0 Å². The molecule has 3 rings (SSSR count). The minimum Gasteiger partial charge on any atom is -0.476 e. The van der Waals surface area contributed by atoms with Gasteiger partial charge in [-0.2, -0.15) is 5.10 Å². The molecule has 5 nitrogen and oxygen atoms in total. The Morgan fingerprint density at radius 3 is 2.45 bits per heavy atom. The van der Waals surface area contributed by atoms with Crippen LogP contribution in [0.5, 0.6) is 0 Å². The molecule has 0 bridgehead atoms. The highest BCUT2D eigenvalue weighted by Crippen LogP contribution is 2.22. The Balaban J connectivity index is 2.20. The second-order valence-corrected chi connectivity index (χ2v) is 4.18. The van der Waals surface area contributed by atoms with Gasteiger partial charge in [-0.3, -0.25) is 4.98 Å². The van der Waals surface area contributed by atoms with Crippen molar-refractivity contribution in [3.63, 3.8) is 0 Å². The average Bonchev–Trinajstić information content (AvgIpc) is 2.94. The third-order valence-electron chi connectivity index (χ3n) is 2.86. The summed E-state index contributed by atoms with van der Waals surface area (Å²) in [6.07, 6.45) is 1.66. The highest BCUT2D eigenvalue weighted by atomic mass is 16.4. The number of para-hydroxylation sites is 1. The Kier molecular flexibility index (Phi) is 3.01. The fraction of sp³-hybridized carbons (Fsp3) is 0. The number of aromatic nitrogens is 3. The third-order valence-corrected chi connectivity index (χ3v) is 2.86. The standard InChI is InChI=1S/C15H11N3O2/c19-15(20)13-10-14(12-8-4-5-9-16-12)18(17-13)11-6-2-1-3-7-11/h1-10H,(H,19,20). The van der Waals surface area contributed by atoms with Crippen LogP contribution in [0, 0.1) is 0 Å². The van der Waals surface area contributed by atoms with Gasteiger partial charge < -0.3 is 5.11 Å². The molecule has 0 amide bonds. The van der Waals surface area contributed by atoms with Crippen molar-refractivity contribution < 1.29 is 9.90 Å². The van der Waals surface area contributed by atoms with E-state index in [2.05, 4.69) is 10.1 Å². The quantitative estimate of drug-likeness (QED) is 0.790. The van der Waals surface area contributed by atoms with E-state index in [-0.39, 0.29) is 5.69 Å². The Labute approximate surface area is 115 Å². The van der Waals surface area contributed by atoms with Gasteiger partial charge in [0.1, 0.15) is 0 Å². The van der Waals surface area contributed by atoms with Gasteiger partial charge in [0, 0.05) is 12.3 Å². The molecule has 0 unspecified atom stereocenters. The van der Waals surface area contributed by atoms with Crippen molar-refractivity contribution in [3.05, 3.63) is 66.5 Å². The lowest BCUT2D eigenvalue weighted by molar-refractivity contribution is 0.0690. The summed E-state index contributed by atoms with van der Waals surface area (Å²) in [5, 5.41) is 13.3. The lowest BCUT2D eigenvalue weighted by atomic mass is 10.2. The Morgan fingerprint density at radius 2 is 1.80 bits per heavy atom. The van der Waals surface area contributed by atoms with Crippen LogP contribution in [0.1, 0.15) is 10.5 Å². The van der Waals surface area contributed by atoms with Crippen LogP contribution in [0.25, 0.3) is 17.1 Å². The first-order valence-corrected chi connectivity index (χ1v) is 6.06. The summed E-state index contributed by atoms with van der Waals surface area (Å²) in [4.78, 5) is 15.4. The number of rotatable bonds is 3. The number of benzene rings is 1. The van der Waals surface area contributed by atoms with Crippen LogP contribution < -0.4 is 0 Å². The largest absolute Gasteiger partial charge is 0.476 e. The van der Waals surface area contributed by atoms with Gasteiger partial charge in [0.05, 0.1) is 17.1 Å². The molecule has 1 N–H and O–H groups in total. The van der Waals surface area contributed by atoms with Crippen molar-refractivity contribution in [2.75, 3.05) is 0 Å². The molecule has 3 aromatic rings. The summed E-state index contributed by atoms with van der Waals surface area (Å²) in [6.45, 7) is 0. The van der Waals surface area contributed by atoms with Gasteiger partial charge in [-0.25, -0.2) is 9.48 Å². The predicted octanol–water partition coefficient (Wildman–Crippen LogP) is 2.63. The molecule has 98 valence electrons. The summed E-state index contributed by atoms with van der Waals surface area (Å²) in [7, 11) is 0. The summed E-state index contributed by atoms with van der Waals surface area (Å²) in [6, 6.07) is 16.4. The van der Waals surface area contributed by atoms with Gasteiger partial charge in [0.2, 0.25) is 0 Å². The molecule has 0 aliphatic carbocycles. The number of hydrogen-bond donors (Lipinski definition) is 1. The van der Waals surface area contributed by atoms with E-state index < -0.39 is 5.97 Å². The van der Waals surface area contributed by atoms with Crippen molar-refractivity contribution >= 4 is 5.97 Å². The molecule has 0 fully saturated rings. The Hall–Kier alpha value is -2.95. The lowest BCUT2D eigenvalue weighted by Gasteiger charge is -2.06. The smallest absolute Gasteiger partial charge is 0.356 e. The number of carbonyl (C=O) groups is 1. The number of carboxylic acid groups (broad SMARTS) is 1. The van der Waals surface area contributed by atoms with E-state index >= 15 is 0 Å². The Bertz CT molecular complexity index is 679. The van der Waals surface area contributed by atoms with Crippen molar-refractivity contribution in [2.24, 2.45) is 0 Å². The fourth-order valence-corrected chi connectivity index (χ4v) is 1.95. The van der Waals surface area contributed by atoms with Gasteiger partial charge in [0.15, 0.2) is 5.69 Å². The summed E-state index contributed by atoms with van der Waals surface area (Å²) < 4.78 is 1.59. The molecule has 0 saturated heterocycles. The monoisotopic (exact) mass is 265 g/mol. The molecule has 0 aliphatic rings. The van der Waals surface area contributed by atoms with Crippen LogP contribution in [-0.2, 0) is 0 Å². The number of pyridine rings is 1. The first kappa shape index (κ1) is 12.1. The summed E-state index contributed by atoms with van der Waals surface area (Å²) in [5.74, 6) is -1.06. The minimum atomic E-state index is -1.06. The first-order chi connectivity index (χ1) is 9.75. The van der Waals surface area contributed by atoms with E-state index in [0.29, 0.717) is 11.4 Å². The van der Waals surface area contributed by atoms with E-state index in [9.17, 15) is 4.79 Å². The molecule has 0 radical (unpaired) electrons. The topological polar surface area (TPSA) is 68.0 Å². The molecule has 2 heterocycles. The van der Waals surface area contributed by atoms with Crippen LogP contribution in [0.2, 0.25) is 0 Å². The molecule has 0 atom stereocenters. The van der Waals surface area contributed by atoms with Gasteiger partial charge in [-0.15, -0.1) is 0 Å². The van der Waals surface area contributed by atoms with E-state index in [1.165, 1.54) is 6.07 Å². The first-order valence-electron chi connectivity index (χ1n) is 6.06. The minimum absolute atomic E-state index is 0.00509. The number of aromatic carboxylic acids is 1. The molecular weight excluding hydrogens is 254 g/mol. The van der Waals surface area contributed by atoms with Crippen LogP contribution in [-0.4, -0.2) is 25.8 Å². The molecular formula is C15H11N3O2. The van der Waals surface area contributed by atoms with Crippen LogP contribution in [0.15, 0.2) is 60.8 Å². The van der Waals surface area contributed by atoms with Crippen LogP contribution in [0.3, 0.4) is 0 Å². The normalized spacial score (nSPS) is 10.4. The van der Waals surface area contributed by atoms with Crippen molar-refractivity contribution in [1.29, 1.82) is 0 Å². The highest BCUT2D eigenvalue weighted by Gasteiger charge is 2.16. The maximum Gasteiger partial charge on any atom is 0.356 e. The second kappa shape index (κ2) is 4.97. The van der Waals surface area contributed by atoms with Crippen molar-refractivity contribution in [3.8, 4) is 17.1 Å². The zero-order valence-corrected chi connectivity index (χ0v) is 10.5. The third kappa shape index (κ3) is 2.16. The van der Waals surface area contributed by atoms with Gasteiger partial charge in [-0.1, -0.05) is 24.3 Å². The molecule has 20 heavy (non-hydrogen) atoms. The molecule has 5 heteroatoms. The summed E-state index contributed by atoms with van der Waals surface area (Å²) >= 11 is 0. The van der Waals surface area contributed by atoms with E-state index in [1.54, 1.807) is 10.9 Å². The number of carboxylic acids is 1. The maximum atomic E-state index is 11.1. The molecule has 0 aliphatic heterocycles. The second-order valence-electron chi connectivity index (χ2n) is 4.18. The van der Waals surface area contributed by atoms with Crippen molar-refractivity contribution in [1.82, 2.24) is 14.8 Å². The van der Waals surface area contributed by atoms with Crippen molar-refractivity contribution in [2.45, 2.75) is 0 Å². The molecule has 1 aromatic carbocycles. The Morgan fingerprint density at radius 1 is 1.05 bits per heavy atom. The van der Waals surface area contributed by atoms with E-state index in [1.807, 2.05) is 48.5 Å². The fourth-order valence-electron chi connectivity index (χ4n) is 1.95. The van der Waals surface area contributed by atoms with Crippen LogP contribution >= 0.6 is 0 Å². The van der Waals surface area contributed by atoms with E-state index in [4.69, 9.17) is 5.11 Å². The maximum absolute atomic E-state index is 11.1. The van der Waals surface area contributed by atoms with Crippen LogP contribution in [0.4, 0.5) is 0 Å². The molecule has 2 aromatic heterocycles. The van der Waals surface area contributed by atoms with Gasteiger partial charge >= 0.3 is 5.97 Å². The zero-order valence-electron chi connectivity index (χ0n) is 10.5. The summed E-state index contributed by atoms with van der Waals surface area (Å²) in [5.41, 5.74) is 2.11. The van der Waals surface area contributed by atoms with Gasteiger partial charge in [-0.05, 0) is 24.3 Å². The number of hydrogen-bond acceptors (Lipinski definition) is 3. The lowest BCUT2D eigenvalue weighted by Crippen LogP contribution is -2.02. The molecule has 0 spiro atoms. The SMILES string of the molecule is O=C(O)c1cc(-c2ccccn2)n(-c2ccccc2)n1. The van der Waals surface area contributed by atoms with E-state index in [0.717, 1.165) is 5.69 Å². The number of nitrogens with zero attached hydrogens (tertiary/aromatic N) is 3. The predicted molar refractivity (Wildman–Crippen MR) is 73.8 cm³/mol. The molecule has 0 saturated carbocycles.